The molecule has 0 aromatic rings. The molecule has 1 fully saturated rings. The summed E-state index contributed by atoms with van der Waals surface area (Å²) in [4.78, 5) is 0. The Morgan fingerprint density at radius 1 is 1.20 bits per heavy atom. The van der Waals surface area contributed by atoms with Crippen molar-refractivity contribution < 1.29 is 13.5 Å². The lowest BCUT2D eigenvalue weighted by Gasteiger charge is -2.26. The predicted octanol–water partition coefficient (Wildman–Crippen LogP) is 0.963. The van der Waals surface area contributed by atoms with E-state index < -0.39 is 10.0 Å². The van der Waals surface area contributed by atoms with Crippen LogP contribution in [0.2, 0.25) is 0 Å². The van der Waals surface area contributed by atoms with Crippen LogP contribution in [0, 0.1) is 0 Å². The molecule has 1 N–H and O–H groups in total. The van der Waals surface area contributed by atoms with Crippen LogP contribution < -0.4 is 0 Å². The molecule has 90 valence electrons. The minimum absolute atomic E-state index is 0.143. The van der Waals surface area contributed by atoms with E-state index in [-0.39, 0.29) is 18.4 Å². The van der Waals surface area contributed by atoms with Gasteiger partial charge in [-0.05, 0) is 12.8 Å². The molecule has 15 heavy (non-hydrogen) atoms. The van der Waals surface area contributed by atoms with Gasteiger partial charge in [0.25, 0.3) is 0 Å². The Balaban J connectivity index is 2.61. The molecule has 4 nitrogen and oxygen atoms in total. The predicted molar refractivity (Wildman–Crippen MR) is 60.1 cm³/mol. The van der Waals surface area contributed by atoms with Gasteiger partial charge in [0.1, 0.15) is 0 Å². The average Bonchev–Trinajstić information content (AvgIpc) is 2.44. The highest BCUT2D eigenvalue weighted by Gasteiger charge is 2.26. The van der Waals surface area contributed by atoms with Crippen LogP contribution >= 0.6 is 0 Å². The zero-order valence-corrected chi connectivity index (χ0v) is 10.2. The van der Waals surface area contributed by atoms with Gasteiger partial charge < -0.3 is 5.11 Å². The normalized spacial score (nSPS) is 20.5. The smallest absolute Gasteiger partial charge is 0.216 e. The van der Waals surface area contributed by atoms with Gasteiger partial charge in [-0.2, -0.15) is 0 Å². The van der Waals surface area contributed by atoms with Crippen molar-refractivity contribution in [1.29, 1.82) is 0 Å². The van der Waals surface area contributed by atoms with Crippen LogP contribution in [-0.2, 0) is 10.0 Å². The quantitative estimate of drug-likeness (QED) is 0.738. The maximum Gasteiger partial charge on any atom is 0.216 e. The summed E-state index contributed by atoms with van der Waals surface area (Å²) in [6.45, 7) is -0.292. The minimum atomic E-state index is -3.24. The maximum absolute atomic E-state index is 11.7. The van der Waals surface area contributed by atoms with Crippen molar-refractivity contribution in [2.45, 2.75) is 44.6 Å². The number of sulfonamides is 1. The summed E-state index contributed by atoms with van der Waals surface area (Å²) in [5, 5.41) is 8.70. The first-order chi connectivity index (χ1) is 7.08. The van der Waals surface area contributed by atoms with Gasteiger partial charge >= 0.3 is 0 Å². The molecule has 0 heterocycles. The molecule has 1 aliphatic carbocycles. The van der Waals surface area contributed by atoms with E-state index in [1.54, 1.807) is 7.05 Å². The molecule has 1 rings (SSSR count). The summed E-state index contributed by atoms with van der Waals surface area (Å²) in [6, 6.07) is 0.143. The first-order valence-electron chi connectivity index (χ1n) is 5.64. The lowest BCUT2D eigenvalue weighted by molar-refractivity contribution is 0.304. The van der Waals surface area contributed by atoms with Crippen LogP contribution in [0.4, 0.5) is 0 Å². The van der Waals surface area contributed by atoms with Gasteiger partial charge in [-0.3, -0.25) is 0 Å². The van der Waals surface area contributed by atoms with Crippen LogP contribution in [0.25, 0.3) is 0 Å². The second-order valence-corrected chi connectivity index (χ2v) is 6.35. The molecule has 0 aliphatic heterocycles. The molecular weight excluding hydrogens is 214 g/mol. The second-order valence-electron chi connectivity index (χ2n) is 4.20. The summed E-state index contributed by atoms with van der Waals surface area (Å²) in [7, 11) is -1.60. The molecule has 0 spiro atoms. The highest BCUT2D eigenvalue weighted by molar-refractivity contribution is 7.89. The molecule has 1 saturated carbocycles. The third-order valence-electron chi connectivity index (χ3n) is 3.13. The Hall–Kier alpha value is -0.130. The van der Waals surface area contributed by atoms with Gasteiger partial charge in [-0.1, -0.05) is 25.7 Å². The first-order valence-corrected chi connectivity index (χ1v) is 7.25. The van der Waals surface area contributed by atoms with E-state index in [0.29, 0.717) is 0 Å². The fourth-order valence-electron chi connectivity index (χ4n) is 2.11. The van der Waals surface area contributed by atoms with Crippen LogP contribution in [0.3, 0.4) is 0 Å². The van der Waals surface area contributed by atoms with E-state index >= 15 is 0 Å². The number of hydrogen-bond acceptors (Lipinski definition) is 3. The van der Waals surface area contributed by atoms with Crippen LogP contribution in [0.5, 0.6) is 0 Å². The van der Waals surface area contributed by atoms with Gasteiger partial charge in [0.05, 0.1) is 12.4 Å². The number of nitrogens with zero attached hydrogens (tertiary/aromatic N) is 1. The molecule has 0 aromatic carbocycles. The molecule has 0 aromatic heterocycles. The molecule has 0 bridgehead atoms. The van der Waals surface area contributed by atoms with Crippen LogP contribution in [0.15, 0.2) is 0 Å². The monoisotopic (exact) mass is 235 g/mol. The van der Waals surface area contributed by atoms with Gasteiger partial charge in [-0.25, -0.2) is 12.7 Å². The van der Waals surface area contributed by atoms with E-state index in [0.717, 1.165) is 25.7 Å². The Kier molecular flexibility index (Phi) is 5.02. The van der Waals surface area contributed by atoms with Gasteiger partial charge in [0, 0.05) is 13.1 Å². The van der Waals surface area contributed by atoms with E-state index in [1.807, 2.05) is 0 Å². The fourth-order valence-corrected chi connectivity index (χ4v) is 3.29. The van der Waals surface area contributed by atoms with Gasteiger partial charge in [0.15, 0.2) is 0 Å². The number of aliphatic hydroxyl groups excluding tert-OH is 1. The van der Waals surface area contributed by atoms with Crippen molar-refractivity contribution in [2.75, 3.05) is 19.4 Å². The lowest BCUT2D eigenvalue weighted by atomic mass is 10.1. The number of rotatable bonds is 4. The molecule has 0 unspecified atom stereocenters. The second kappa shape index (κ2) is 5.82. The van der Waals surface area contributed by atoms with E-state index in [2.05, 4.69) is 0 Å². The Morgan fingerprint density at radius 2 is 1.73 bits per heavy atom. The number of hydrogen-bond donors (Lipinski definition) is 1. The van der Waals surface area contributed by atoms with Gasteiger partial charge in [0.2, 0.25) is 10.0 Å². The maximum atomic E-state index is 11.7. The molecular formula is C10H21NO3S. The SMILES string of the molecule is CN(C1CCCCCC1)S(=O)(=O)CCO. The van der Waals surface area contributed by atoms with Crippen molar-refractivity contribution in [3.8, 4) is 0 Å². The lowest BCUT2D eigenvalue weighted by Crippen LogP contribution is -2.38. The average molecular weight is 235 g/mol. The van der Waals surface area contributed by atoms with E-state index in [9.17, 15) is 8.42 Å². The summed E-state index contributed by atoms with van der Waals surface area (Å²) >= 11 is 0. The standard InChI is InChI=1S/C10H21NO3S/c1-11(15(13,14)9-8-12)10-6-4-2-3-5-7-10/h10,12H,2-9H2,1H3. The van der Waals surface area contributed by atoms with Crippen molar-refractivity contribution in [3.05, 3.63) is 0 Å². The van der Waals surface area contributed by atoms with Crippen molar-refractivity contribution in [2.24, 2.45) is 0 Å². The Morgan fingerprint density at radius 3 is 2.20 bits per heavy atom. The first kappa shape index (κ1) is 12.9. The summed E-state index contributed by atoms with van der Waals surface area (Å²) in [5.74, 6) is -0.153. The van der Waals surface area contributed by atoms with Crippen molar-refractivity contribution >= 4 is 10.0 Å². The fraction of sp³-hybridized carbons (Fsp3) is 1.00. The zero-order chi connectivity index (χ0) is 11.3. The Bertz CT molecular complexity index is 268. The number of aliphatic hydroxyl groups is 1. The highest BCUT2D eigenvalue weighted by atomic mass is 32.2. The summed E-state index contributed by atoms with van der Waals surface area (Å²) in [5.41, 5.74) is 0. The summed E-state index contributed by atoms with van der Waals surface area (Å²) in [6.07, 6.45) is 6.57. The van der Waals surface area contributed by atoms with E-state index in [1.165, 1.54) is 17.1 Å². The highest BCUT2D eigenvalue weighted by Crippen LogP contribution is 2.22. The summed E-state index contributed by atoms with van der Waals surface area (Å²) < 4.78 is 24.9. The molecule has 0 amide bonds. The topological polar surface area (TPSA) is 57.6 Å². The van der Waals surface area contributed by atoms with Crippen LogP contribution in [-0.4, -0.2) is 43.3 Å². The Labute approximate surface area is 92.3 Å². The molecule has 1 aliphatic rings. The molecule has 5 heteroatoms. The van der Waals surface area contributed by atoms with E-state index in [4.69, 9.17) is 5.11 Å². The van der Waals surface area contributed by atoms with Gasteiger partial charge in [-0.15, -0.1) is 0 Å². The molecule has 0 saturated heterocycles. The molecule has 0 atom stereocenters. The third-order valence-corrected chi connectivity index (χ3v) is 5.00. The zero-order valence-electron chi connectivity index (χ0n) is 9.35. The molecule has 0 radical (unpaired) electrons. The third kappa shape index (κ3) is 3.74. The largest absolute Gasteiger partial charge is 0.395 e. The van der Waals surface area contributed by atoms with Crippen molar-refractivity contribution in [1.82, 2.24) is 4.31 Å². The minimum Gasteiger partial charge on any atom is -0.395 e. The van der Waals surface area contributed by atoms with Crippen LogP contribution in [0.1, 0.15) is 38.5 Å². The van der Waals surface area contributed by atoms with Crippen molar-refractivity contribution in [3.63, 3.8) is 0 Å².